The monoisotopic (exact) mass is 302 g/mol. The van der Waals surface area contributed by atoms with Crippen molar-refractivity contribution in [3.63, 3.8) is 0 Å². The fourth-order valence-corrected chi connectivity index (χ4v) is 3.82. The molecule has 8 heteroatoms. The molecule has 0 heterocycles. The molecule has 0 bridgehead atoms. The van der Waals surface area contributed by atoms with Crippen LogP contribution in [0.15, 0.2) is 23.1 Å². The van der Waals surface area contributed by atoms with E-state index in [-0.39, 0.29) is 6.04 Å². The van der Waals surface area contributed by atoms with E-state index in [1.165, 1.54) is 0 Å². The average Bonchev–Trinajstić information content (AvgIpc) is 2.38. The molecule has 0 spiro atoms. The van der Waals surface area contributed by atoms with Gasteiger partial charge in [-0.15, -0.1) is 0 Å². The predicted molar refractivity (Wildman–Crippen MR) is 70.2 cm³/mol. The Balaban J connectivity index is 2.31. The van der Waals surface area contributed by atoms with E-state index in [0.29, 0.717) is 18.9 Å². The van der Waals surface area contributed by atoms with Crippen molar-refractivity contribution in [2.75, 3.05) is 0 Å². The summed E-state index contributed by atoms with van der Waals surface area (Å²) in [5.41, 5.74) is -0.742. The zero-order valence-electron chi connectivity index (χ0n) is 10.7. The van der Waals surface area contributed by atoms with Gasteiger partial charge >= 0.3 is 0 Å². The van der Waals surface area contributed by atoms with E-state index in [1.54, 1.807) is 0 Å². The minimum absolute atomic E-state index is 0.210. The Morgan fingerprint density at radius 2 is 1.90 bits per heavy atom. The Morgan fingerprint density at radius 1 is 1.25 bits per heavy atom. The Morgan fingerprint density at radius 3 is 2.50 bits per heavy atom. The molecule has 1 aliphatic rings. The van der Waals surface area contributed by atoms with Crippen molar-refractivity contribution in [3.8, 4) is 0 Å². The summed E-state index contributed by atoms with van der Waals surface area (Å²) in [6, 6.07) is 2.25. The van der Waals surface area contributed by atoms with Gasteiger partial charge in [-0.2, -0.15) is 0 Å². The number of sulfonamides is 1. The van der Waals surface area contributed by atoms with Crippen LogP contribution in [0.4, 0.5) is 10.1 Å². The molecule has 1 aromatic rings. The van der Waals surface area contributed by atoms with E-state index in [2.05, 4.69) is 4.72 Å². The number of nitrogens with one attached hydrogen (secondary N) is 1. The quantitative estimate of drug-likeness (QED) is 0.683. The summed E-state index contributed by atoms with van der Waals surface area (Å²) in [6.07, 6.45) is 4.36. The van der Waals surface area contributed by atoms with Crippen molar-refractivity contribution in [3.05, 3.63) is 34.1 Å². The van der Waals surface area contributed by atoms with Gasteiger partial charge in [-0.3, -0.25) is 10.1 Å². The number of nitro benzene ring substituents is 1. The van der Waals surface area contributed by atoms with E-state index < -0.39 is 31.3 Å². The smallest absolute Gasteiger partial charge is 0.258 e. The van der Waals surface area contributed by atoms with Gasteiger partial charge in [-0.05, 0) is 25.0 Å². The third-order valence-corrected chi connectivity index (χ3v) is 4.90. The van der Waals surface area contributed by atoms with Gasteiger partial charge in [-0.25, -0.2) is 17.5 Å². The van der Waals surface area contributed by atoms with Crippen LogP contribution < -0.4 is 4.72 Å². The molecule has 0 aliphatic heterocycles. The van der Waals surface area contributed by atoms with Crippen LogP contribution in [0.2, 0.25) is 0 Å². The third kappa shape index (κ3) is 3.31. The molecular formula is C12H15FN2O4S. The van der Waals surface area contributed by atoms with Crippen LogP contribution in [0.3, 0.4) is 0 Å². The molecule has 0 aromatic heterocycles. The first-order valence-corrected chi connectivity index (χ1v) is 7.85. The molecule has 1 N–H and O–H groups in total. The van der Waals surface area contributed by atoms with Crippen LogP contribution in [0.25, 0.3) is 0 Å². The SMILES string of the molecule is O=[N+]([O-])c1cc(F)ccc1S(=O)(=O)NC1CCCCC1. The molecule has 0 atom stereocenters. The minimum atomic E-state index is -4.01. The van der Waals surface area contributed by atoms with Crippen molar-refractivity contribution in [2.24, 2.45) is 0 Å². The van der Waals surface area contributed by atoms with Gasteiger partial charge in [0.05, 0.1) is 11.0 Å². The Kier molecular flexibility index (Phi) is 4.34. The maximum atomic E-state index is 13.0. The Hall–Kier alpha value is -1.54. The summed E-state index contributed by atoms with van der Waals surface area (Å²) < 4.78 is 39.9. The fourth-order valence-electron chi connectivity index (χ4n) is 2.36. The number of halogens is 1. The topological polar surface area (TPSA) is 89.3 Å². The van der Waals surface area contributed by atoms with Gasteiger partial charge in [0.25, 0.3) is 5.69 Å². The van der Waals surface area contributed by atoms with Crippen molar-refractivity contribution in [2.45, 2.75) is 43.0 Å². The minimum Gasteiger partial charge on any atom is -0.258 e. The van der Waals surface area contributed by atoms with Gasteiger partial charge in [-0.1, -0.05) is 19.3 Å². The highest BCUT2D eigenvalue weighted by atomic mass is 32.2. The lowest BCUT2D eigenvalue weighted by Gasteiger charge is -2.22. The van der Waals surface area contributed by atoms with E-state index in [1.807, 2.05) is 0 Å². The first-order chi connectivity index (χ1) is 9.40. The predicted octanol–water partition coefficient (Wildman–Crippen LogP) is 2.34. The number of hydrogen-bond donors (Lipinski definition) is 1. The van der Waals surface area contributed by atoms with E-state index in [4.69, 9.17) is 0 Å². The van der Waals surface area contributed by atoms with Gasteiger partial charge in [0.15, 0.2) is 4.90 Å². The van der Waals surface area contributed by atoms with Crippen LogP contribution in [-0.4, -0.2) is 19.4 Å². The Labute approximate surface area is 116 Å². The zero-order valence-corrected chi connectivity index (χ0v) is 11.5. The van der Waals surface area contributed by atoms with Gasteiger partial charge in [0, 0.05) is 6.04 Å². The lowest BCUT2D eigenvalue weighted by molar-refractivity contribution is -0.388. The van der Waals surface area contributed by atoms with Gasteiger partial charge < -0.3 is 0 Å². The van der Waals surface area contributed by atoms with Crippen molar-refractivity contribution in [1.29, 1.82) is 0 Å². The standard InChI is InChI=1S/C12H15FN2O4S/c13-9-6-7-12(11(8-9)15(16)17)20(18,19)14-10-4-2-1-3-5-10/h6-8,10,14H,1-5H2. The molecule has 1 aliphatic carbocycles. The van der Waals surface area contributed by atoms with Crippen LogP contribution >= 0.6 is 0 Å². The molecule has 1 aromatic carbocycles. The molecule has 110 valence electrons. The first kappa shape index (κ1) is 14.9. The normalized spacial score (nSPS) is 17.1. The summed E-state index contributed by atoms with van der Waals surface area (Å²) in [7, 11) is -4.01. The molecule has 1 fully saturated rings. The fraction of sp³-hybridized carbons (Fsp3) is 0.500. The summed E-state index contributed by atoms with van der Waals surface area (Å²) in [6.45, 7) is 0. The second-order valence-corrected chi connectivity index (χ2v) is 6.51. The highest BCUT2D eigenvalue weighted by Gasteiger charge is 2.29. The number of nitro groups is 1. The second kappa shape index (κ2) is 5.84. The maximum absolute atomic E-state index is 13.0. The highest BCUT2D eigenvalue weighted by molar-refractivity contribution is 7.89. The Bertz CT molecular complexity index is 612. The maximum Gasteiger partial charge on any atom is 0.292 e. The molecule has 2 rings (SSSR count). The summed E-state index contributed by atoms with van der Waals surface area (Å²) >= 11 is 0. The molecule has 0 saturated heterocycles. The van der Waals surface area contributed by atoms with Crippen LogP contribution in [0.1, 0.15) is 32.1 Å². The number of nitrogens with zero attached hydrogens (tertiary/aromatic N) is 1. The van der Waals surface area contributed by atoms with Crippen LogP contribution in [-0.2, 0) is 10.0 Å². The molecule has 6 nitrogen and oxygen atoms in total. The zero-order chi connectivity index (χ0) is 14.8. The van der Waals surface area contributed by atoms with Crippen molar-refractivity contribution < 1.29 is 17.7 Å². The number of hydrogen-bond acceptors (Lipinski definition) is 4. The summed E-state index contributed by atoms with van der Waals surface area (Å²) in [4.78, 5) is 9.48. The molecule has 0 radical (unpaired) electrons. The largest absolute Gasteiger partial charge is 0.292 e. The summed E-state index contributed by atoms with van der Waals surface area (Å²) in [5.74, 6) is -0.840. The molecular weight excluding hydrogens is 287 g/mol. The van der Waals surface area contributed by atoms with Crippen molar-refractivity contribution in [1.82, 2.24) is 4.72 Å². The van der Waals surface area contributed by atoms with E-state index in [9.17, 15) is 22.9 Å². The van der Waals surface area contributed by atoms with Gasteiger partial charge in [0.2, 0.25) is 10.0 Å². The van der Waals surface area contributed by atoms with Crippen LogP contribution in [0.5, 0.6) is 0 Å². The lowest BCUT2D eigenvalue weighted by atomic mass is 9.96. The summed E-state index contributed by atoms with van der Waals surface area (Å²) in [5, 5.41) is 10.9. The number of benzene rings is 1. The average molecular weight is 302 g/mol. The van der Waals surface area contributed by atoms with Crippen LogP contribution in [0, 0.1) is 15.9 Å². The highest BCUT2D eigenvalue weighted by Crippen LogP contribution is 2.26. The molecule has 0 unspecified atom stereocenters. The van der Waals surface area contributed by atoms with E-state index in [0.717, 1.165) is 31.4 Å². The first-order valence-electron chi connectivity index (χ1n) is 6.36. The second-order valence-electron chi connectivity index (χ2n) is 4.83. The van der Waals surface area contributed by atoms with Crippen molar-refractivity contribution >= 4 is 15.7 Å². The molecule has 0 amide bonds. The lowest BCUT2D eigenvalue weighted by Crippen LogP contribution is -2.36. The third-order valence-electron chi connectivity index (χ3n) is 3.33. The molecule has 20 heavy (non-hydrogen) atoms. The number of rotatable bonds is 4. The van der Waals surface area contributed by atoms with E-state index >= 15 is 0 Å². The van der Waals surface area contributed by atoms with Gasteiger partial charge in [0.1, 0.15) is 5.82 Å². The molecule has 1 saturated carbocycles.